The zero-order valence-electron chi connectivity index (χ0n) is 14.8. The van der Waals surface area contributed by atoms with Gasteiger partial charge in [-0.15, -0.1) is 11.3 Å². The Hall–Kier alpha value is -1.18. The molecule has 1 unspecified atom stereocenters. The molecule has 0 fully saturated rings. The number of aliphatic hydroxyl groups excluding tert-OH is 1. The molecule has 1 aromatic rings. The molecule has 0 saturated heterocycles. The Kier molecular flexibility index (Phi) is 9.13. The summed E-state index contributed by atoms with van der Waals surface area (Å²) in [6.07, 6.45) is -0.551. The highest BCUT2D eigenvalue weighted by Crippen LogP contribution is 2.17. The maximum absolute atomic E-state index is 9.93. The van der Waals surface area contributed by atoms with Gasteiger partial charge in [-0.05, 0) is 26.7 Å². The molecular weight excluding hydrogens is 312 g/mol. The summed E-state index contributed by atoms with van der Waals surface area (Å²) in [7, 11) is 0. The van der Waals surface area contributed by atoms with Crippen LogP contribution in [-0.4, -0.2) is 48.5 Å². The molecule has 0 aliphatic rings. The fourth-order valence-electron chi connectivity index (χ4n) is 1.93. The van der Waals surface area contributed by atoms with Gasteiger partial charge in [0.1, 0.15) is 0 Å². The van der Waals surface area contributed by atoms with Crippen molar-refractivity contribution < 1.29 is 9.84 Å². The van der Waals surface area contributed by atoms with Crippen molar-refractivity contribution in [3.05, 3.63) is 15.6 Å². The molecule has 6 nitrogen and oxygen atoms in total. The molecule has 0 aliphatic heterocycles. The predicted octanol–water partition coefficient (Wildman–Crippen LogP) is 1.85. The predicted molar refractivity (Wildman–Crippen MR) is 96.1 cm³/mol. The number of aliphatic imine (C=N–C) groups is 1. The minimum absolute atomic E-state index is 0.331. The lowest BCUT2D eigenvalue weighted by Crippen LogP contribution is -2.42. The average molecular weight is 343 g/mol. The van der Waals surface area contributed by atoms with Crippen LogP contribution in [0.5, 0.6) is 0 Å². The van der Waals surface area contributed by atoms with Crippen LogP contribution in [-0.2, 0) is 11.3 Å². The first-order valence-electron chi connectivity index (χ1n) is 8.13. The topological polar surface area (TPSA) is 78.8 Å². The zero-order chi connectivity index (χ0) is 17.2. The van der Waals surface area contributed by atoms with Crippen LogP contribution >= 0.6 is 11.3 Å². The number of aliphatic hydroxyl groups is 1. The van der Waals surface area contributed by atoms with Crippen LogP contribution in [0, 0.1) is 19.8 Å². The maximum Gasteiger partial charge on any atom is 0.191 e. The summed E-state index contributed by atoms with van der Waals surface area (Å²) in [6.45, 7) is 13.0. The number of thiazole rings is 1. The van der Waals surface area contributed by atoms with E-state index in [4.69, 9.17) is 4.74 Å². The van der Waals surface area contributed by atoms with Gasteiger partial charge >= 0.3 is 0 Å². The first-order valence-corrected chi connectivity index (χ1v) is 8.94. The molecule has 1 rings (SSSR count). The number of aromatic nitrogens is 1. The molecule has 3 N–H and O–H groups in total. The summed E-state index contributed by atoms with van der Waals surface area (Å²) in [5.41, 5.74) is 1.04. The van der Waals surface area contributed by atoms with Crippen molar-refractivity contribution in [2.45, 2.75) is 47.3 Å². The first kappa shape index (κ1) is 19.9. The highest BCUT2D eigenvalue weighted by atomic mass is 32.1. The van der Waals surface area contributed by atoms with Crippen LogP contribution in [0.2, 0.25) is 0 Å². The number of guanidine groups is 1. The molecule has 0 amide bonds. The number of rotatable bonds is 9. The summed E-state index contributed by atoms with van der Waals surface area (Å²) in [5.74, 6) is 1.17. The van der Waals surface area contributed by atoms with Crippen molar-refractivity contribution in [3.8, 4) is 0 Å². The van der Waals surface area contributed by atoms with Crippen LogP contribution in [0.15, 0.2) is 4.99 Å². The second-order valence-electron chi connectivity index (χ2n) is 5.90. The number of ether oxygens (including phenoxy) is 1. The Bertz CT molecular complexity index is 488. The van der Waals surface area contributed by atoms with Gasteiger partial charge in [-0.2, -0.15) is 0 Å². The smallest absolute Gasteiger partial charge is 0.191 e. The summed E-state index contributed by atoms with van der Waals surface area (Å²) < 4.78 is 5.44. The Morgan fingerprint density at radius 1 is 1.30 bits per heavy atom. The van der Waals surface area contributed by atoms with Crippen molar-refractivity contribution in [1.82, 2.24) is 15.6 Å². The lowest BCUT2D eigenvalue weighted by molar-refractivity contribution is 0.0280. The molecule has 0 bridgehead atoms. The first-order chi connectivity index (χ1) is 10.9. The van der Waals surface area contributed by atoms with E-state index in [-0.39, 0.29) is 0 Å². The molecule has 0 radical (unpaired) electrons. The van der Waals surface area contributed by atoms with E-state index in [9.17, 15) is 5.11 Å². The van der Waals surface area contributed by atoms with Crippen LogP contribution in [0.1, 0.15) is 36.3 Å². The van der Waals surface area contributed by atoms with E-state index in [1.54, 1.807) is 11.3 Å². The van der Waals surface area contributed by atoms with Crippen molar-refractivity contribution in [2.75, 3.05) is 26.3 Å². The zero-order valence-corrected chi connectivity index (χ0v) is 15.7. The largest absolute Gasteiger partial charge is 0.389 e. The molecule has 132 valence electrons. The van der Waals surface area contributed by atoms with E-state index in [1.807, 2.05) is 20.8 Å². The van der Waals surface area contributed by atoms with Gasteiger partial charge in [0.25, 0.3) is 0 Å². The van der Waals surface area contributed by atoms with Crippen molar-refractivity contribution in [3.63, 3.8) is 0 Å². The minimum Gasteiger partial charge on any atom is -0.389 e. The lowest BCUT2D eigenvalue weighted by atomic mass is 10.2. The Morgan fingerprint density at radius 3 is 2.61 bits per heavy atom. The Morgan fingerprint density at radius 2 is 2.04 bits per heavy atom. The third-order valence-corrected chi connectivity index (χ3v) is 4.05. The molecule has 1 heterocycles. The van der Waals surface area contributed by atoms with E-state index in [2.05, 4.69) is 34.5 Å². The van der Waals surface area contributed by atoms with Gasteiger partial charge in [-0.25, -0.2) is 9.98 Å². The maximum atomic E-state index is 9.93. The number of nitrogens with one attached hydrogen (secondary N) is 2. The van der Waals surface area contributed by atoms with Gasteiger partial charge < -0.3 is 20.5 Å². The third kappa shape index (κ3) is 8.29. The van der Waals surface area contributed by atoms with E-state index in [0.29, 0.717) is 38.2 Å². The van der Waals surface area contributed by atoms with Gasteiger partial charge in [0.2, 0.25) is 0 Å². The molecule has 1 aromatic heterocycles. The lowest BCUT2D eigenvalue weighted by Gasteiger charge is -2.16. The van der Waals surface area contributed by atoms with Crippen LogP contribution in [0.3, 0.4) is 0 Å². The molecule has 0 saturated carbocycles. The summed E-state index contributed by atoms with van der Waals surface area (Å²) in [5, 5.41) is 17.3. The molecule has 7 heteroatoms. The molecule has 0 aromatic carbocycles. The fraction of sp³-hybridized carbons (Fsp3) is 0.750. The van der Waals surface area contributed by atoms with E-state index >= 15 is 0 Å². The van der Waals surface area contributed by atoms with Crippen molar-refractivity contribution in [1.29, 1.82) is 0 Å². The minimum atomic E-state index is -0.551. The van der Waals surface area contributed by atoms with Crippen LogP contribution in [0.25, 0.3) is 0 Å². The normalized spacial score (nSPS) is 13.4. The van der Waals surface area contributed by atoms with Crippen molar-refractivity contribution >= 4 is 17.3 Å². The highest BCUT2D eigenvalue weighted by molar-refractivity contribution is 7.11. The third-order valence-electron chi connectivity index (χ3n) is 2.99. The van der Waals surface area contributed by atoms with Gasteiger partial charge in [0.15, 0.2) is 5.96 Å². The molecule has 1 atom stereocenters. The number of hydrogen-bond donors (Lipinski definition) is 3. The van der Waals surface area contributed by atoms with Gasteiger partial charge in [-0.3, -0.25) is 0 Å². The summed E-state index contributed by atoms with van der Waals surface area (Å²) in [4.78, 5) is 10.1. The Labute approximate surface area is 143 Å². The Balaban J connectivity index is 2.44. The van der Waals surface area contributed by atoms with E-state index < -0.39 is 6.10 Å². The fourth-order valence-corrected chi connectivity index (χ4v) is 2.79. The summed E-state index contributed by atoms with van der Waals surface area (Å²) >= 11 is 1.67. The van der Waals surface area contributed by atoms with Crippen LogP contribution in [0.4, 0.5) is 0 Å². The number of aryl methyl sites for hydroxylation is 2. The van der Waals surface area contributed by atoms with E-state index in [0.717, 1.165) is 17.2 Å². The molecule has 23 heavy (non-hydrogen) atoms. The van der Waals surface area contributed by atoms with Crippen molar-refractivity contribution in [2.24, 2.45) is 10.9 Å². The molecular formula is C16H30N4O2S. The number of nitrogens with zero attached hydrogens (tertiary/aromatic N) is 2. The number of hydrogen-bond acceptors (Lipinski definition) is 5. The SMILES string of the molecule is CCNC(=NCc1sc(C)nc1C)NCC(O)COCC(C)C. The molecule has 0 aliphatic carbocycles. The van der Waals surface area contributed by atoms with Gasteiger partial charge in [-0.1, -0.05) is 13.8 Å². The standard InChI is InChI=1S/C16H30N4O2S/c1-6-17-16(18-7-14(21)10-22-9-11(2)3)19-8-15-12(4)20-13(5)23-15/h11,14,21H,6-10H2,1-5H3,(H2,17,18,19). The molecule has 0 spiro atoms. The second-order valence-corrected chi connectivity index (χ2v) is 7.19. The van der Waals surface area contributed by atoms with Gasteiger partial charge in [0, 0.05) is 24.6 Å². The van der Waals surface area contributed by atoms with E-state index in [1.165, 1.54) is 4.88 Å². The average Bonchev–Trinajstić information content (AvgIpc) is 2.79. The van der Waals surface area contributed by atoms with Gasteiger partial charge in [0.05, 0.1) is 30.0 Å². The monoisotopic (exact) mass is 342 g/mol. The van der Waals surface area contributed by atoms with Crippen LogP contribution < -0.4 is 10.6 Å². The summed E-state index contributed by atoms with van der Waals surface area (Å²) in [6, 6.07) is 0. The second kappa shape index (κ2) is 10.6. The quantitative estimate of drug-likeness (QED) is 0.471. The highest BCUT2D eigenvalue weighted by Gasteiger charge is 2.08.